The Morgan fingerprint density at radius 2 is 1.47 bits per heavy atom. The summed E-state index contributed by atoms with van der Waals surface area (Å²) in [6.07, 6.45) is 1.12. The predicted octanol–water partition coefficient (Wildman–Crippen LogP) is -0.903. The molecule has 0 heterocycles. The second kappa shape index (κ2) is 8.09. The fourth-order valence-electron chi connectivity index (χ4n) is 0.793. The van der Waals surface area contributed by atoms with E-state index in [1.54, 1.807) is 6.92 Å². The van der Waals surface area contributed by atoms with Crippen molar-refractivity contribution in [3.8, 4) is 0 Å². The van der Waals surface area contributed by atoms with Gasteiger partial charge >= 0.3 is 0 Å². The van der Waals surface area contributed by atoms with E-state index in [9.17, 15) is 14.4 Å². The molecule has 0 rings (SSSR count). The van der Waals surface area contributed by atoms with Crippen LogP contribution in [-0.2, 0) is 14.4 Å². The maximum Gasteiger partial charge on any atom is 0.239 e. The largest absolute Gasteiger partial charge is 0.380 e. The number of carbonyl (C=O) groups is 3. The molecule has 17 heavy (non-hydrogen) atoms. The molecule has 0 aliphatic carbocycles. The van der Waals surface area contributed by atoms with Crippen LogP contribution in [-0.4, -0.2) is 37.2 Å². The lowest BCUT2D eigenvalue weighted by molar-refractivity contribution is -0.126. The molecule has 2 amide bonds. The van der Waals surface area contributed by atoms with Crippen LogP contribution >= 0.6 is 0 Å². The van der Waals surface area contributed by atoms with Crippen molar-refractivity contribution in [1.29, 1.82) is 0 Å². The third kappa shape index (κ3) is 8.86. The Balaban J connectivity index is 3.69. The molecule has 6 heteroatoms. The zero-order chi connectivity index (χ0) is 13.3. The standard InChI is InChI=1S/C11H17N3O3/c1-4-9(15)5-13-11(17)7-14-10(16)6-12-8(2)3/h4,12H,1-2,5-7H2,3H3,(H,13,17)(H,14,16). The molecule has 0 bridgehead atoms. The number of nitrogens with one attached hydrogen (secondary N) is 3. The molecule has 0 fully saturated rings. The highest BCUT2D eigenvalue weighted by atomic mass is 16.2. The number of rotatable bonds is 8. The van der Waals surface area contributed by atoms with Crippen LogP contribution in [0.5, 0.6) is 0 Å². The van der Waals surface area contributed by atoms with Gasteiger partial charge in [-0.3, -0.25) is 14.4 Å². The zero-order valence-corrected chi connectivity index (χ0v) is 9.84. The molecule has 0 aliphatic rings. The van der Waals surface area contributed by atoms with Crippen molar-refractivity contribution in [2.24, 2.45) is 0 Å². The lowest BCUT2D eigenvalue weighted by Crippen LogP contribution is -2.41. The molecule has 0 aromatic rings. The average molecular weight is 239 g/mol. The highest BCUT2D eigenvalue weighted by molar-refractivity contribution is 5.94. The molecule has 0 spiro atoms. The van der Waals surface area contributed by atoms with Gasteiger partial charge in [-0.25, -0.2) is 0 Å². The minimum Gasteiger partial charge on any atom is -0.380 e. The Hall–Kier alpha value is -2.11. The fraction of sp³-hybridized carbons (Fsp3) is 0.364. The summed E-state index contributed by atoms with van der Waals surface area (Å²) >= 11 is 0. The van der Waals surface area contributed by atoms with Crippen LogP contribution in [0, 0.1) is 0 Å². The second-order valence-corrected chi connectivity index (χ2v) is 3.36. The molecular weight excluding hydrogens is 222 g/mol. The second-order valence-electron chi connectivity index (χ2n) is 3.36. The normalized spacial score (nSPS) is 9.00. The molecular formula is C11H17N3O3. The van der Waals surface area contributed by atoms with Crippen molar-refractivity contribution in [1.82, 2.24) is 16.0 Å². The van der Waals surface area contributed by atoms with E-state index in [4.69, 9.17) is 0 Å². The van der Waals surface area contributed by atoms with E-state index >= 15 is 0 Å². The smallest absolute Gasteiger partial charge is 0.239 e. The fourth-order valence-corrected chi connectivity index (χ4v) is 0.793. The van der Waals surface area contributed by atoms with E-state index < -0.39 is 5.91 Å². The molecule has 0 aromatic heterocycles. The molecule has 3 N–H and O–H groups in total. The van der Waals surface area contributed by atoms with Crippen LogP contribution in [0.4, 0.5) is 0 Å². The highest BCUT2D eigenvalue weighted by Crippen LogP contribution is 1.76. The number of hydrogen-bond acceptors (Lipinski definition) is 4. The van der Waals surface area contributed by atoms with Gasteiger partial charge in [0.05, 0.1) is 19.6 Å². The third-order valence-electron chi connectivity index (χ3n) is 1.68. The Labute approximate surface area is 100 Å². The van der Waals surface area contributed by atoms with Crippen molar-refractivity contribution >= 4 is 17.6 Å². The van der Waals surface area contributed by atoms with Crippen LogP contribution < -0.4 is 16.0 Å². The van der Waals surface area contributed by atoms with Gasteiger partial charge in [-0.05, 0) is 13.0 Å². The minimum atomic E-state index is -0.427. The SMILES string of the molecule is C=CC(=O)CNC(=O)CNC(=O)CNC(=C)C. The van der Waals surface area contributed by atoms with Gasteiger partial charge in [0, 0.05) is 5.70 Å². The van der Waals surface area contributed by atoms with E-state index in [2.05, 4.69) is 29.1 Å². The lowest BCUT2D eigenvalue weighted by atomic mass is 10.4. The van der Waals surface area contributed by atoms with Crippen molar-refractivity contribution in [3.63, 3.8) is 0 Å². The first-order chi connectivity index (χ1) is 7.95. The summed E-state index contributed by atoms with van der Waals surface area (Å²) in [7, 11) is 0. The first-order valence-electron chi connectivity index (χ1n) is 5.03. The van der Waals surface area contributed by atoms with Crippen molar-refractivity contribution in [2.45, 2.75) is 6.92 Å². The van der Waals surface area contributed by atoms with Gasteiger partial charge in [-0.2, -0.15) is 0 Å². The molecule has 94 valence electrons. The van der Waals surface area contributed by atoms with E-state index in [1.165, 1.54) is 0 Å². The summed E-state index contributed by atoms with van der Waals surface area (Å²) in [5.74, 6) is -1.03. The van der Waals surface area contributed by atoms with Gasteiger partial charge in [0.15, 0.2) is 5.78 Å². The maximum absolute atomic E-state index is 11.2. The van der Waals surface area contributed by atoms with E-state index in [-0.39, 0.29) is 31.3 Å². The zero-order valence-electron chi connectivity index (χ0n) is 9.84. The quantitative estimate of drug-likeness (QED) is 0.479. The maximum atomic E-state index is 11.2. The monoisotopic (exact) mass is 239 g/mol. The van der Waals surface area contributed by atoms with Crippen LogP contribution in [0.25, 0.3) is 0 Å². The first kappa shape index (κ1) is 14.9. The van der Waals surface area contributed by atoms with Gasteiger partial charge in [0.25, 0.3) is 0 Å². The number of carbonyl (C=O) groups excluding carboxylic acids is 3. The number of ketones is 1. The molecule has 0 saturated carbocycles. The Morgan fingerprint density at radius 1 is 1.00 bits per heavy atom. The topological polar surface area (TPSA) is 87.3 Å². The van der Waals surface area contributed by atoms with Crippen molar-refractivity contribution < 1.29 is 14.4 Å². The number of allylic oxidation sites excluding steroid dienone is 1. The summed E-state index contributed by atoms with van der Waals surface area (Å²) in [4.78, 5) is 33.1. The van der Waals surface area contributed by atoms with E-state index in [1.807, 2.05) is 0 Å². The van der Waals surface area contributed by atoms with E-state index in [0.29, 0.717) is 5.70 Å². The molecule has 0 atom stereocenters. The summed E-state index contributed by atoms with van der Waals surface area (Å²) in [5, 5.41) is 7.45. The van der Waals surface area contributed by atoms with Gasteiger partial charge in [-0.15, -0.1) is 0 Å². The molecule has 0 saturated heterocycles. The summed E-state index contributed by atoms with van der Waals surface area (Å²) in [5.41, 5.74) is 0.668. The van der Waals surface area contributed by atoms with Crippen LogP contribution in [0.3, 0.4) is 0 Å². The van der Waals surface area contributed by atoms with Crippen LogP contribution in [0.1, 0.15) is 6.92 Å². The average Bonchev–Trinajstić information content (AvgIpc) is 2.30. The van der Waals surface area contributed by atoms with Crippen molar-refractivity contribution in [3.05, 3.63) is 24.9 Å². The van der Waals surface area contributed by atoms with E-state index in [0.717, 1.165) is 6.08 Å². The van der Waals surface area contributed by atoms with Gasteiger partial charge in [-0.1, -0.05) is 13.2 Å². The first-order valence-corrected chi connectivity index (χ1v) is 5.03. The Kier molecular flexibility index (Phi) is 7.09. The number of hydrogen-bond donors (Lipinski definition) is 3. The van der Waals surface area contributed by atoms with Gasteiger partial charge in [0.2, 0.25) is 11.8 Å². The van der Waals surface area contributed by atoms with Gasteiger partial charge < -0.3 is 16.0 Å². The summed E-state index contributed by atoms with van der Waals surface area (Å²) in [6, 6.07) is 0. The molecule has 6 nitrogen and oxygen atoms in total. The van der Waals surface area contributed by atoms with Crippen LogP contribution in [0.15, 0.2) is 24.9 Å². The molecule has 0 aliphatic heterocycles. The Morgan fingerprint density at radius 3 is 1.94 bits per heavy atom. The Bertz CT molecular complexity index is 337. The summed E-state index contributed by atoms with van der Waals surface area (Å²) < 4.78 is 0. The molecule has 0 aromatic carbocycles. The molecule has 0 unspecified atom stereocenters. The number of amides is 2. The minimum absolute atomic E-state index is 0.0637. The van der Waals surface area contributed by atoms with Crippen molar-refractivity contribution in [2.75, 3.05) is 19.6 Å². The highest BCUT2D eigenvalue weighted by Gasteiger charge is 2.05. The van der Waals surface area contributed by atoms with Gasteiger partial charge in [0.1, 0.15) is 0 Å². The predicted molar refractivity (Wildman–Crippen MR) is 64.0 cm³/mol. The third-order valence-corrected chi connectivity index (χ3v) is 1.68. The van der Waals surface area contributed by atoms with Crippen LogP contribution in [0.2, 0.25) is 0 Å². The summed E-state index contributed by atoms with van der Waals surface area (Å²) in [6.45, 7) is 8.34. The molecule has 0 radical (unpaired) electrons. The lowest BCUT2D eigenvalue weighted by Gasteiger charge is -2.07.